The maximum atomic E-state index is 12.6. The number of carbonyl (C=O) groups excluding carboxylic acids is 1. The second kappa shape index (κ2) is 8.12. The van der Waals surface area contributed by atoms with Crippen LogP contribution in [0.4, 0.5) is 23.8 Å². The molecule has 3 heterocycles. The minimum atomic E-state index is -4.39. The second-order valence-corrected chi connectivity index (χ2v) is 7.54. The van der Waals surface area contributed by atoms with Gasteiger partial charge in [0.25, 0.3) is 0 Å². The zero-order chi connectivity index (χ0) is 19.4. The fraction of sp³-hybridized carbons (Fsp3) is 0.471. The number of hydrogen-bond acceptors (Lipinski definition) is 5. The number of thiazole rings is 1. The van der Waals surface area contributed by atoms with Crippen LogP contribution in [0.15, 0.2) is 24.5 Å². The molecule has 1 N–H and O–H groups in total. The maximum Gasteiger partial charge on any atom is 0.417 e. The van der Waals surface area contributed by atoms with Gasteiger partial charge in [-0.2, -0.15) is 13.2 Å². The highest BCUT2D eigenvalue weighted by molar-refractivity contribution is 7.11. The number of pyridine rings is 1. The number of piperazine rings is 1. The van der Waals surface area contributed by atoms with Gasteiger partial charge in [0.1, 0.15) is 5.82 Å². The van der Waals surface area contributed by atoms with Gasteiger partial charge in [-0.15, -0.1) is 11.3 Å². The first-order chi connectivity index (χ1) is 12.8. The lowest BCUT2D eigenvalue weighted by molar-refractivity contribution is -0.137. The molecule has 2 aromatic rings. The lowest BCUT2D eigenvalue weighted by atomic mass is 10.2. The first-order valence-corrected chi connectivity index (χ1v) is 9.37. The van der Waals surface area contributed by atoms with Gasteiger partial charge in [-0.25, -0.2) is 14.8 Å². The Kier molecular flexibility index (Phi) is 5.83. The Morgan fingerprint density at radius 1 is 1.19 bits per heavy atom. The molecule has 0 atom stereocenters. The van der Waals surface area contributed by atoms with Crippen molar-refractivity contribution < 1.29 is 18.0 Å². The molecule has 6 nitrogen and oxygen atoms in total. The predicted octanol–water partition coefficient (Wildman–Crippen LogP) is 2.94. The Labute approximate surface area is 159 Å². The Hall–Kier alpha value is -2.36. The van der Waals surface area contributed by atoms with E-state index in [0.29, 0.717) is 45.0 Å². The number of aryl methyl sites for hydroxylation is 1. The van der Waals surface area contributed by atoms with Crippen molar-refractivity contribution in [2.75, 3.05) is 37.6 Å². The molecule has 146 valence electrons. The third-order valence-corrected chi connectivity index (χ3v) is 5.22. The smallest absolute Gasteiger partial charge is 0.353 e. The van der Waals surface area contributed by atoms with E-state index in [1.54, 1.807) is 16.2 Å². The normalized spacial score (nSPS) is 15.1. The van der Waals surface area contributed by atoms with Crippen molar-refractivity contribution in [3.8, 4) is 0 Å². The van der Waals surface area contributed by atoms with Gasteiger partial charge in [-0.1, -0.05) is 0 Å². The van der Waals surface area contributed by atoms with Crippen LogP contribution < -0.4 is 10.2 Å². The molecular formula is C17H20F3N5OS. The molecule has 0 spiro atoms. The van der Waals surface area contributed by atoms with E-state index in [9.17, 15) is 18.0 Å². The number of hydrogen-bond donors (Lipinski definition) is 1. The molecule has 10 heteroatoms. The molecule has 1 fully saturated rings. The van der Waals surface area contributed by atoms with Crippen molar-refractivity contribution in [3.05, 3.63) is 40.0 Å². The van der Waals surface area contributed by atoms with E-state index in [2.05, 4.69) is 15.3 Å². The van der Waals surface area contributed by atoms with Crippen LogP contribution in [0, 0.1) is 6.92 Å². The monoisotopic (exact) mass is 399 g/mol. The van der Waals surface area contributed by atoms with E-state index >= 15 is 0 Å². The van der Waals surface area contributed by atoms with E-state index in [-0.39, 0.29) is 6.03 Å². The Bertz CT molecular complexity index is 770. The highest BCUT2D eigenvalue weighted by Crippen LogP contribution is 2.29. The van der Waals surface area contributed by atoms with E-state index in [1.807, 2.05) is 18.0 Å². The standard InChI is InChI=1S/C17H20F3N5OS/c1-12-10-23-15(27-12)4-5-21-16(26)25-8-6-24(7-9-25)14-3-2-13(11-22-14)17(18,19)20/h2-3,10-11H,4-9H2,1H3,(H,21,26). The lowest BCUT2D eigenvalue weighted by Crippen LogP contribution is -2.52. The highest BCUT2D eigenvalue weighted by Gasteiger charge is 2.31. The Morgan fingerprint density at radius 3 is 2.48 bits per heavy atom. The largest absolute Gasteiger partial charge is 0.417 e. The number of nitrogens with one attached hydrogen (secondary N) is 1. The molecule has 0 unspecified atom stereocenters. The van der Waals surface area contributed by atoms with E-state index in [4.69, 9.17) is 0 Å². The molecular weight excluding hydrogens is 379 g/mol. The van der Waals surface area contributed by atoms with Gasteiger partial charge in [0.05, 0.1) is 10.6 Å². The minimum absolute atomic E-state index is 0.136. The van der Waals surface area contributed by atoms with Crippen molar-refractivity contribution in [3.63, 3.8) is 0 Å². The first kappa shape index (κ1) is 19.4. The van der Waals surface area contributed by atoms with Gasteiger partial charge in [0.15, 0.2) is 0 Å². The number of halogens is 3. The van der Waals surface area contributed by atoms with Crippen molar-refractivity contribution >= 4 is 23.2 Å². The fourth-order valence-electron chi connectivity index (χ4n) is 2.78. The summed E-state index contributed by atoms with van der Waals surface area (Å²) in [6.45, 7) is 4.54. The van der Waals surface area contributed by atoms with E-state index in [1.165, 1.54) is 6.07 Å². The molecule has 0 radical (unpaired) electrons. The SMILES string of the molecule is Cc1cnc(CCNC(=O)N2CCN(c3ccc(C(F)(F)F)cn3)CC2)s1. The second-order valence-electron chi connectivity index (χ2n) is 6.22. The Morgan fingerprint density at radius 2 is 1.93 bits per heavy atom. The third kappa shape index (κ3) is 5.09. The van der Waals surface area contributed by atoms with E-state index < -0.39 is 11.7 Å². The van der Waals surface area contributed by atoms with Crippen LogP contribution in [0.1, 0.15) is 15.4 Å². The zero-order valence-corrected chi connectivity index (χ0v) is 15.6. The number of carbonyl (C=O) groups is 1. The highest BCUT2D eigenvalue weighted by atomic mass is 32.1. The molecule has 0 aliphatic carbocycles. The van der Waals surface area contributed by atoms with Crippen molar-refractivity contribution in [2.24, 2.45) is 0 Å². The summed E-state index contributed by atoms with van der Waals surface area (Å²) in [5, 5.41) is 3.87. The number of nitrogens with zero attached hydrogens (tertiary/aromatic N) is 4. The van der Waals surface area contributed by atoms with Crippen LogP contribution in [-0.2, 0) is 12.6 Å². The summed E-state index contributed by atoms with van der Waals surface area (Å²) in [5.74, 6) is 0.488. The number of urea groups is 1. The van der Waals surface area contributed by atoms with Gasteiger partial charge in [-0.3, -0.25) is 0 Å². The molecule has 1 aliphatic rings. The van der Waals surface area contributed by atoms with Gasteiger partial charge in [-0.05, 0) is 19.1 Å². The van der Waals surface area contributed by atoms with Crippen LogP contribution in [0.5, 0.6) is 0 Å². The summed E-state index contributed by atoms with van der Waals surface area (Å²) in [6, 6.07) is 2.26. The number of rotatable bonds is 4. The van der Waals surface area contributed by atoms with Gasteiger partial charge in [0, 0.05) is 56.4 Å². The average molecular weight is 399 g/mol. The average Bonchev–Trinajstić information content (AvgIpc) is 3.06. The van der Waals surface area contributed by atoms with Crippen LogP contribution in [-0.4, -0.2) is 53.6 Å². The van der Waals surface area contributed by atoms with Crippen LogP contribution in [0.3, 0.4) is 0 Å². The van der Waals surface area contributed by atoms with Crippen molar-refractivity contribution in [1.82, 2.24) is 20.2 Å². The number of alkyl halides is 3. The Balaban J connectivity index is 1.44. The van der Waals surface area contributed by atoms with Gasteiger partial charge in [0.2, 0.25) is 0 Å². The van der Waals surface area contributed by atoms with Crippen LogP contribution in [0.25, 0.3) is 0 Å². The molecule has 2 aromatic heterocycles. The van der Waals surface area contributed by atoms with Crippen molar-refractivity contribution in [1.29, 1.82) is 0 Å². The number of anilines is 1. The summed E-state index contributed by atoms with van der Waals surface area (Å²) in [7, 11) is 0. The summed E-state index contributed by atoms with van der Waals surface area (Å²) in [5.41, 5.74) is -0.764. The van der Waals surface area contributed by atoms with Crippen LogP contribution in [0.2, 0.25) is 0 Å². The molecule has 3 rings (SSSR count). The molecule has 2 amide bonds. The molecule has 0 bridgehead atoms. The minimum Gasteiger partial charge on any atom is -0.353 e. The predicted molar refractivity (Wildman–Crippen MR) is 97.0 cm³/mol. The van der Waals surface area contributed by atoms with Gasteiger partial charge >= 0.3 is 12.2 Å². The molecule has 0 saturated carbocycles. The summed E-state index contributed by atoms with van der Waals surface area (Å²) >= 11 is 1.62. The quantitative estimate of drug-likeness (QED) is 0.859. The topological polar surface area (TPSA) is 61.4 Å². The van der Waals surface area contributed by atoms with E-state index in [0.717, 1.165) is 22.1 Å². The number of aromatic nitrogens is 2. The van der Waals surface area contributed by atoms with Crippen LogP contribution >= 0.6 is 11.3 Å². The molecule has 0 aromatic carbocycles. The maximum absolute atomic E-state index is 12.6. The summed E-state index contributed by atoms with van der Waals surface area (Å²) in [4.78, 5) is 25.1. The van der Waals surface area contributed by atoms with Gasteiger partial charge < -0.3 is 15.1 Å². The zero-order valence-electron chi connectivity index (χ0n) is 14.8. The third-order valence-electron chi connectivity index (χ3n) is 4.25. The van der Waals surface area contributed by atoms with Crippen molar-refractivity contribution in [2.45, 2.75) is 19.5 Å². The lowest BCUT2D eigenvalue weighted by Gasteiger charge is -2.35. The molecule has 1 aliphatic heterocycles. The summed E-state index contributed by atoms with van der Waals surface area (Å²) < 4.78 is 37.8. The first-order valence-electron chi connectivity index (χ1n) is 8.55. The molecule has 27 heavy (non-hydrogen) atoms. The summed E-state index contributed by atoms with van der Waals surface area (Å²) in [6.07, 6.45) is -1.04. The number of amides is 2. The molecule has 1 saturated heterocycles. The fourth-order valence-corrected chi connectivity index (χ4v) is 3.57.